The molecule has 20 heavy (non-hydrogen) atoms. The van der Waals surface area contributed by atoms with Crippen molar-refractivity contribution in [2.75, 3.05) is 6.54 Å². The van der Waals surface area contributed by atoms with Gasteiger partial charge in [0.15, 0.2) is 0 Å². The van der Waals surface area contributed by atoms with Gasteiger partial charge in [-0.2, -0.15) is 0 Å². The van der Waals surface area contributed by atoms with E-state index < -0.39 is 0 Å². The van der Waals surface area contributed by atoms with Crippen LogP contribution in [0.25, 0.3) is 0 Å². The van der Waals surface area contributed by atoms with Crippen LogP contribution >= 0.6 is 0 Å². The van der Waals surface area contributed by atoms with Gasteiger partial charge in [0.2, 0.25) is 0 Å². The number of aliphatic hydroxyl groups is 1. The summed E-state index contributed by atoms with van der Waals surface area (Å²) in [7, 11) is 0. The summed E-state index contributed by atoms with van der Waals surface area (Å²) < 4.78 is 0. The first-order chi connectivity index (χ1) is 9.72. The van der Waals surface area contributed by atoms with Crippen molar-refractivity contribution in [1.82, 2.24) is 0 Å². The van der Waals surface area contributed by atoms with Crippen LogP contribution in [-0.2, 0) is 0 Å². The van der Waals surface area contributed by atoms with Gasteiger partial charge in [0.05, 0.1) is 6.10 Å². The fraction of sp³-hybridized carbons (Fsp3) is 0.667. The molecule has 1 aromatic carbocycles. The number of hydrogen-bond donors (Lipinski definition) is 2. The third-order valence-electron chi connectivity index (χ3n) is 4.90. The maximum Gasteiger partial charge on any atom is 0.0621 e. The smallest absolute Gasteiger partial charge is 0.0621 e. The van der Waals surface area contributed by atoms with Gasteiger partial charge in [0.25, 0.3) is 0 Å². The molecule has 1 saturated carbocycles. The van der Waals surface area contributed by atoms with Gasteiger partial charge in [0, 0.05) is 12.5 Å². The highest BCUT2D eigenvalue weighted by molar-refractivity contribution is 5.30. The number of hydrogen-bond acceptors (Lipinski definition) is 2. The fourth-order valence-electron chi connectivity index (χ4n) is 3.58. The number of aryl methyl sites for hydroxylation is 1. The third kappa shape index (κ3) is 4.07. The maximum atomic E-state index is 10.5. The second kappa shape index (κ2) is 7.80. The predicted octanol–water partition coefficient (Wildman–Crippen LogP) is 3.76. The predicted molar refractivity (Wildman–Crippen MR) is 84.8 cm³/mol. The monoisotopic (exact) mass is 275 g/mol. The lowest BCUT2D eigenvalue weighted by molar-refractivity contribution is 0.123. The van der Waals surface area contributed by atoms with Crippen LogP contribution in [0.15, 0.2) is 24.3 Å². The molecule has 0 radical (unpaired) electrons. The largest absolute Gasteiger partial charge is 0.392 e. The normalized spacial score (nSPS) is 19.8. The Kier molecular flexibility index (Phi) is 6.06. The zero-order valence-electron chi connectivity index (χ0n) is 12.7. The molecule has 0 amide bonds. The van der Waals surface area contributed by atoms with E-state index >= 15 is 0 Å². The van der Waals surface area contributed by atoms with Gasteiger partial charge in [-0.15, -0.1) is 0 Å². The minimum absolute atomic E-state index is 0.0831. The summed E-state index contributed by atoms with van der Waals surface area (Å²) in [6.45, 7) is 2.63. The number of aliphatic hydroxyl groups excluding tert-OH is 1. The van der Waals surface area contributed by atoms with E-state index in [1.54, 1.807) is 0 Å². The Balaban J connectivity index is 1.91. The molecule has 0 heterocycles. The summed E-state index contributed by atoms with van der Waals surface area (Å²) >= 11 is 0. The summed E-state index contributed by atoms with van der Waals surface area (Å²) in [5.74, 6) is 0.911. The molecule has 0 aromatic heterocycles. The van der Waals surface area contributed by atoms with Crippen molar-refractivity contribution in [2.24, 2.45) is 11.7 Å². The molecule has 3 N–H and O–H groups in total. The van der Waals surface area contributed by atoms with Gasteiger partial charge in [0.1, 0.15) is 0 Å². The van der Waals surface area contributed by atoms with Crippen LogP contribution < -0.4 is 5.73 Å². The molecule has 1 fully saturated rings. The molecule has 2 atom stereocenters. The van der Waals surface area contributed by atoms with Crippen LogP contribution in [0, 0.1) is 12.8 Å². The molecular formula is C18H29NO. The summed E-state index contributed by atoms with van der Waals surface area (Å²) in [4.78, 5) is 0. The van der Waals surface area contributed by atoms with E-state index in [2.05, 4.69) is 19.1 Å². The summed E-state index contributed by atoms with van der Waals surface area (Å²) in [6.07, 6.45) is 8.59. The van der Waals surface area contributed by atoms with Gasteiger partial charge in [-0.05, 0) is 36.8 Å². The molecule has 0 saturated heterocycles. The number of rotatable bonds is 6. The summed E-state index contributed by atoms with van der Waals surface area (Å²) in [5, 5.41) is 10.5. The Labute approximate surface area is 123 Å². The highest BCUT2D eigenvalue weighted by atomic mass is 16.3. The minimum atomic E-state index is -0.303. The fourth-order valence-corrected chi connectivity index (χ4v) is 3.58. The lowest BCUT2D eigenvalue weighted by Gasteiger charge is -2.27. The zero-order chi connectivity index (χ0) is 14.4. The van der Waals surface area contributed by atoms with Crippen LogP contribution in [0.1, 0.15) is 62.0 Å². The summed E-state index contributed by atoms with van der Waals surface area (Å²) in [6, 6.07) is 8.29. The van der Waals surface area contributed by atoms with Crippen molar-refractivity contribution in [3.05, 3.63) is 35.4 Å². The molecule has 0 spiro atoms. The van der Waals surface area contributed by atoms with E-state index in [1.165, 1.54) is 43.2 Å². The zero-order valence-corrected chi connectivity index (χ0v) is 12.7. The standard InChI is InChI=1S/C18H29NO/c1-14-7-5-6-10-16(14)17(13-19)18(20)12-11-15-8-3-2-4-9-15/h5-7,10,15,17-18,20H,2-4,8-9,11-13,19H2,1H3. The van der Waals surface area contributed by atoms with Crippen LogP contribution in [0.4, 0.5) is 0 Å². The lowest BCUT2D eigenvalue weighted by atomic mass is 9.82. The molecular weight excluding hydrogens is 246 g/mol. The molecule has 0 bridgehead atoms. The topological polar surface area (TPSA) is 46.2 Å². The highest BCUT2D eigenvalue weighted by Gasteiger charge is 2.23. The van der Waals surface area contributed by atoms with Crippen molar-refractivity contribution in [2.45, 2.75) is 63.9 Å². The van der Waals surface area contributed by atoms with Gasteiger partial charge in [-0.3, -0.25) is 0 Å². The van der Waals surface area contributed by atoms with Crippen LogP contribution in [-0.4, -0.2) is 17.8 Å². The quantitative estimate of drug-likeness (QED) is 0.830. The van der Waals surface area contributed by atoms with Crippen molar-refractivity contribution >= 4 is 0 Å². The van der Waals surface area contributed by atoms with Gasteiger partial charge in [-0.1, -0.05) is 56.4 Å². The number of nitrogens with two attached hydrogens (primary N) is 1. The van der Waals surface area contributed by atoms with Crippen LogP contribution in [0.3, 0.4) is 0 Å². The second-order valence-corrected chi connectivity index (χ2v) is 6.35. The first-order valence-electron chi connectivity index (χ1n) is 8.16. The van der Waals surface area contributed by atoms with Crippen molar-refractivity contribution in [3.8, 4) is 0 Å². The van der Waals surface area contributed by atoms with Crippen LogP contribution in [0.2, 0.25) is 0 Å². The van der Waals surface area contributed by atoms with Gasteiger partial charge >= 0.3 is 0 Å². The maximum absolute atomic E-state index is 10.5. The van der Waals surface area contributed by atoms with E-state index in [4.69, 9.17) is 5.73 Å². The first kappa shape index (κ1) is 15.5. The third-order valence-corrected chi connectivity index (χ3v) is 4.90. The SMILES string of the molecule is Cc1ccccc1C(CN)C(O)CCC1CCCCC1. The molecule has 1 aromatic rings. The molecule has 2 nitrogen and oxygen atoms in total. The minimum Gasteiger partial charge on any atom is -0.392 e. The molecule has 2 unspecified atom stereocenters. The molecule has 112 valence electrons. The Morgan fingerprint density at radius 2 is 1.90 bits per heavy atom. The lowest BCUT2D eigenvalue weighted by Crippen LogP contribution is -2.27. The molecule has 1 aliphatic rings. The van der Waals surface area contributed by atoms with Crippen molar-refractivity contribution in [3.63, 3.8) is 0 Å². The Hall–Kier alpha value is -0.860. The Morgan fingerprint density at radius 1 is 1.20 bits per heavy atom. The van der Waals surface area contributed by atoms with E-state index in [9.17, 15) is 5.11 Å². The van der Waals surface area contributed by atoms with Crippen LogP contribution in [0.5, 0.6) is 0 Å². The number of benzene rings is 1. The van der Waals surface area contributed by atoms with E-state index in [1.807, 2.05) is 12.1 Å². The van der Waals surface area contributed by atoms with E-state index in [0.717, 1.165) is 18.8 Å². The molecule has 0 aliphatic heterocycles. The summed E-state index contributed by atoms with van der Waals surface area (Å²) in [5.41, 5.74) is 8.37. The Bertz CT molecular complexity index is 398. The average molecular weight is 275 g/mol. The Morgan fingerprint density at radius 3 is 2.55 bits per heavy atom. The van der Waals surface area contributed by atoms with Crippen molar-refractivity contribution < 1.29 is 5.11 Å². The van der Waals surface area contributed by atoms with E-state index in [0.29, 0.717) is 6.54 Å². The highest BCUT2D eigenvalue weighted by Crippen LogP contribution is 2.30. The second-order valence-electron chi connectivity index (χ2n) is 6.35. The van der Waals surface area contributed by atoms with E-state index in [-0.39, 0.29) is 12.0 Å². The molecule has 1 aliphatic carbocycles. The van der Waals surface area contributed by atoms with Crippen molar-refractivity contribution in [1.29, 1.82) is 0 Å². The van der Waals surface area contributed by atoms with Gasteiger partial charge < -0.3 is 10.8 Å². The van der Waals surface area contributed by atoms with Gasteiger partial charge in [-0.25, -0.2) is 0 Å². The first-order valence-corrected chi connectivity index (χ1v) is 8.16. The molecule has 2 heteroatoms. The molecule has 2 rings (SSSR count). The average Bonchev–Trinajstić information content (AvgIpc) is 2.49.